The van der Waals surface area contributed by atoms with E-state index >= 15 is 0 Å². The van der Waals surface area contributed by atoms with Crippen LogP contribution in [0.15, 0.2) is 60.9 Å². The van der Waals surface area contributed by atoms with Gasteiger partial charge in [0, 0.05) is 36.7 Å². The van der Waals surface area contributed by atoms with Gasteiger partial charge in [0.15, 0.2) is 5.82 Å². The quantitative estimate of drug-likeness (QED) is 0.350. The van der Waals surface area contributed by atoms with Gasteiger partial charge in [0.2, 0.25) is 11.7 Å². The van der Waals surface area contributed by atoms with Crippen molar-refractivity contribution < 1.29 is 19.1 Å². The van der Waals surface area contributed by atoms with Crippen molar-refractivity contribution in [3.8, 4) is 0 Å². The third kappa shape index (κ3) is 6.22. The molecule has 0 atom stereocenters. The molecule has 2 amide bonds. The van der Waals surface area contributed by atoms with Crippen LogP contribution >= 0.6 is 23.2 Å². The van der Waals surface area contributed by atoms with Gasteiger partial charge in [-0.25, -0.2) is 9.97 Å². The summed E-state index contributed by atoms with van der Waals surface area (Å²) in [5.74, 6) is -1.06. The van der Waals surface area contributed by atoms with Crippen LogP contribution in [0, 0.1) is 0 Å². The summed E-state index contributed by atoms with van der Waals surface area (Å²) < 4.78 is 5.31. The maximum atomic E-state index is 13.3. The van der Waals surface area contributed by atoms with E-state index in [9.17, 15) is 14.4 Å². The number of carbonyl (C=O) groups excluding carboxylic acids is 3. The minimum Gasteiger partial charge on any atom is -0.378 e. The van der Waals surface area contributed by atoms with Crippen molar-refractivity contribution in [2.45, 2.75) is 13.0 Å². The van der Waals surface area contributed by atoms with Gasteiger partial charge >= 0.3 is 0 Å². The summed E-state index contributed by atoms with van der Waals surface area (Å²) in [4.78, 5) is 49.7. The summed E-state index contributed by atoms with van der Waals surface area (Å²) in [6.45, 7) is 2.23. The van der Waals surface area contributed by atoms with Gasteiger partial charge < -0.3 is 14.5 Å². The number of benzene rings is 2. The van der Waals surface area contributed by atoms with Crippen molar-refractivity contribution in [2.24, 2.45) is 0 Å². The van der Waals surface area contributed by atoms with Crippen molar-refractivity contribution in [2.75, 3.05) is 31.2 Å². The van der Waals surface area contributed by atoms with Gasteiger partial charge in [-0.1, -0.05) is 29.3 Å². The number of aromatic nitrogens is 2. The molecule has 0 unspecified atom stereocenters. The van der Waals surface area contributed by atoms with E-state index < -0.39 is 18.1 Å². The molecule has 1 saturated heterocycles. The Hall–Kier alpha value is -3.33. The van der Waals surface area contributed by atoms with Gasteiger partial charge in [0.1, 0.15) is 0 Å². The minimum absolute atomic E-state index is 0.0261. The number of Topliss-reactive ketones (excluding diaryl/α,β-unsaturated/α-hetero) is 1. The fourth-order valence-corrected chi connectivity index (χ4v) is 3.95. The first-order valence-electron chi connectivity index (χ1n) is 10.9. The number of anilines is 1. The second kappa shape index (κ2) is 11.4. The Labute approximate surface area is 212 Å². The number of amides is 2. The molecule has 0 saturated carbocycles. The highest BCUT2D eigenvalue weighted by atomic mass is 35.5. The third-order valence-corrected chi connectivity index (χ3v) is 6.22. The molecule has 0 N–H and O–H groups in total. The molecule has 8 nitrogen and oxygen atoms in total. The zero-order valence-electron chi connectivity index (χ0n) is 18.7. The second-order valence-corrected chi connectivity index (χ2v) is 8.67. The predicted molar refractivity (Wildman–Crippen MR) is 132 cm³/mol. The van der Waals surface area contributed by atoms with Gasteiger partial charge in [-0.15, -0.1) is 0 Å². The number of morpholine rings is 1. The molecule has 0 bridgehead atoms. The molecule has 2 aromatic carbocycles. The summed E-state index contributed by atoms with van der Waals surface area (Å²) in [6.07, 6.45) is 2.48. The van der Waals surface area contributed by atoms with Crippen LogP contribution in [0.5, 0.6) is 0 Å². The number of ketones is 1. The molecule has 3 aromatic rings. The number of rotatable bonds is 7. The molecule has 1 aromatic heterocycles. The van der Waals surface area contributed by atoms with Crippen molar-refractivity contribution in [3.05, 3.63) is 87.9 Å². The van der Waals surface area contributed by atoms with Crippen LogP contribution in [0.2, 0.25) is 10.0 Å². The van der Waals surface area contributed by atoms with E-state index in [4.69, 9.17) is 27.9 Å². The van der Waals surface area contributed by atoms with E-state index in [1.807, 2.05) is 0 Å². The fourth-order valence-electron chi connectivity index (χ4n) is 3.63. The van der Waals surface area contributed by atoms with Crippen LogP contribution in [0.3, 0.4) is 0 Å². The number of hydrogen-bond donors (Lipinski definition) is 0. The van der Waals surface area contributed by atoms with Crippen molar-refractivity contribution in [1.82, 2.24) is 14.9 Å². The van der Waals surface area contributed by atoms with Crippen molar-refractivity contribution in [3.63, 3.8) is 0 Å². The third-order valence-electron chi connectivity index (χ3n) is 5.48. The van der Waals surface area contributed by atoms with E-state index in [-0.39, 0.29) is 18.3 Å². The predicted octanol–water partition coefficient (Wildman–Crippen LogP) is 4.06. The lowest BCUT2D eigenvalue weighted by molar-refractivity contribution is -0.117. The zero-order valence-corrected chi connectivity index (χ0v) is 20.2. The van der Waals surface area contributed by atoms with E-state index in [0.29, 0.717) is 47.6 Å². The van der Waals surface area contributed by atoms with Crippen LogP contribution in [0.4, 0.5) is 5.69 Å². The molecule has 1 fully saturated rings. The molecule has 180 valence electrons. The fraction of sp³-hybridized carbons (Fsp3) is 0.240. The van der Waals surface area contributed by atoms with E-state index in [1.54, 1.807) is 53.4 Å². The lowest BCUT2D eigenvalue weighted by atomic mass is 10.1. The lowest BCUT2D eigenvalue weighted by Crippen LogP contribution is -2.40. The molecule has 0 spiro atoms. The molecule has 4 rings (SSSR count). The molecule has 1 aliphatic rings. The summed E-state index contributed by atoms with van der Waals surface area (Å²) in [5.41, 5.74) is 1.76. The van der Waals surface area contributed by atoms with E-state index in [2.05, 4.69) is 9.97 Å². The van der Waals surface area contributed by atoms with Crippen molar-refractivity contribution in [1.29, 1.82) is 0 Å². The van der Waals surface area contributed by atoms with Gasteiger partial charge in [0.25, 0.3) is 5.91 Å². The van der Waals surface area contributed by atoms with Crippen LogP contribution in [0.25, 0.3) is 0 Å². The SMILES string of the molecule is O=C(CC(=O)N(Cc1ccc(Cl)c(Cl)c1)c1ccc(C(=O)N2CCOCC2)cc1)c1ncccn1. The van der Waals surface area contributed by atoms with Crippen LogP contribution in [-0.4, -0.2) is 58.8 Å². The van der Waals surface area contributed by atoms with Crippen LogP contribution < -0.4 is 4.90 Å². The molecular formula is C25H22Cl2N4O4. The Morgan fingerprint density at radius 1 is 0.943 bits per heavy atom. The van der Waals surface area contributed by atoms with E-state index in [1.165, 1.54) is 17.3 Å². The number of halogens is 2. The Balaban J connectivity index is 1.57. The largest absolute Gasteiger partial charge is 0.378 e. The topological polar surface area (TPSA) is 92.7 Å². The smallest absolute Gasteiger partial charge is 0.254 e. The Bertz CT molecular complexity index is 1220. The summed E-state index contributed by atoms with van der Waals surface area (Å²) in [5, 5.41) is 0.757. The van der Waals surface area contributed by atoms with Crippen LogP contribution in [0.1, 0.15) is 33.0 Å². The van der Waals surface area contributed by atoms with Gasteiger partial charge in [-0.2, -0.15) is 0 Å². The monoisotopic (exact) mass is 512 g/mol. The highest BCUT2D eigenvalue weighted by molar-refractivity contribution is 6.42. The summed E-state index contributed by atoms with van der Waals surface area (Å²) >= 11 is 12.2. The van der Waals surface area contributed by atoms with Gasteiger partial charge in [0.05, 0.1) is 36.2 Å². The molecule has 1 aliphatic heterocycles. The normalized spacial score (nSPS) is 13.4. The zero-order chi connectivity index (χ0) is 24.8. The molecule has 10 heteroatoms. The molecule has 0 radical (unpaired) electrons. The number of carbonyl (C=O) groups is 3. The number of hydrogen-bond acceptors (Lipinski definition) is 6. The average molecular weight is 513 g/mol. The minimum atomic E-state index is -0.492. The number of ether oxygens (including phenoxy) is 1. The van der Waals surface area contributed by atoms with E-state index in [0.717, 1.165) is 5.56 Å². The summed E-state index contributed by atoms with van der Waals surface area (Å²) in [7, 11) is 0. The first kappa shape index (κ1) is 24.8. The molecule has 0 aliphatic carbocycles. The standard InChI is InChI=1S/C25H22Cl2N4O4/c26-20-7-2-17(14-21(20)27)16-31(23(33)15-22(32)24-28-8-1-9-29-24)19-5-3-18(4-6-19)25(34)30-10-12-35-13-11-30/h1-9,14H,10-13,15-16H2. The lowest BCUT2D eigenvalue weighted by Gasteiger charge is -2.27. The Morgan fingerprint density at radius 2 is 1.63 bits per heavy atom. The average Bonchev–Trinajstić information content (AvgIpc) is 2.90. The maximum Gasteiger partial charge on any atom is 0.254 e. The Kier molecular flexibility index (Phi) is 8.07. The first-order valence-corrected chi connectivity index (χ1v) is 11.7. The Morgan fingerprint density at radius 3 is 2.29 bits per heavy atom. The van der Waals surface area contributed by atoms with Crippen LogP contribution in [-0.2, 0) is 16.1 Å². The second-order valence-electron chi connectivity index (χ2n) is 7.85. The highest BCUT2D eigenvalue weighted by Crippen LogP contribution is 2.26. The van der Waals surface area contributed by atoms with Gasteiger partial charge in [-0.3, -0.25) is 14.4 Å². The molecular weight excluding hydrogens is 491 g/mol. The highest BCUT2D eigenvalue weighted by Gasteiger charge is 2.23. The molecule has 2 heterocycles. The van der Waals surface area contributed by atoms with Crippen molar-refractivity contribution >= 4 is 46.5 Å². The first-order chi connectivity index (χ1) is 16.9. The summed E-state index contributed by atoms with van der Waals surface area (Å²) in [6, 6.07) is 13.4. The number of nitrogens with zero attached hydrogens (tertiary/aromatic N) is 4. The van der Waals surface area contributed by atoms with Gasteiger partial charge in [-0.05, 0) is 48.0 Å². The molecule has 35 heavy (non-hydrogen) atoms. The maximum absolute atomic E-state index is 13.3.